The molecule has 1 atom stereocenters. The Kier molecular flexibility index (Phi) is 7.71. The van der Waals surface area contributed by atoms with E-state index in [-0.39, 0.29) is 23.5 Å². The van der Waals surface area contributed by atoms with Gasteiger partial charge in [-0.15, -0.1) is 25.6 Å². The summed E-state index contributed by atoms with van der Waals surface area (Å²) < 4.78 is 72.7. The molecule has 0 aliphatic heterocycles. The zero-order valence-corrected chi connectivity index (χ0v) is 13.9. The van der Waals surface area contributed by atoms with Gasteiger partial charge in [-0.3, -0.25) is 0 Å². The largest absolute Gasteiger partial charge is 0.573 e. The van der Waals surface area contributed by atoms with Crippen molar-refractivity contribution in [3.63, 3.8) is 0 Å². The van der Waals surface area contributed by atoms with E-state index in [9.17, 15) is 26.7 Å². The number of carbonyl (C=O) groups excluding carboxylic acids is 1. The van der Waals surface area contributed by atoms with E-state index in [0.717, 1.165) is 18.2 Å². The van der Waals surface area contributed by atoms with Gasteiger partial charge in [-0.1, -0.05) is 15.9 Å². The Morgan fingerprint density at radius 3 is 2.35 bits per heavy atom. The quantitative estimate of drug-likeness (QED) is 0.569. The van der Waals surface area contributed by atoms with E-state index in [1.807, 2.05) is 0 Å². The second-order valence-corrected chi connectivity index (χ2v) is 4.97. The van der Waals surface area contributed by atoms with E-state index in [1.165, 1.54) is 6.92 Å². The lowest BCUT2D eigenvalue weighted by atomic mass is 10.0. The number of ether oxygens (including phenoxy) is 2. The number of carbonyl (C=O) groups is 1. The van der Waals surface area contributed by atoms with E-state index in [1.54, 1.807) is 0 Å². The fourth-order valence-corrected chi connectivity index (χ4v) is 1.91. The van der Waals surface area contributed by atoms with Gasteiger partial charge in [0.25, 0.3) is 0 Å². The Hall–Kier alpha value is -1.13. The highest BCUT2D eigenvalue weighted by Gasteiger charge is 2.49. The van der Waals surface area contributed by atoms with Gasteiger partial charge in [-0.05, 0) is 25.1 Å². The standard InChI is InChI=1S/C12H11BrF5NO3.ClH/c1-2-21-10(20)11(14,15)9(19)7-5-6(13)3-4-8(7)22-12(16,17)18;/h3-5,9H,2,19H2,1H3;1H/t9-;/m1./s1. The van der Waals surface area contributed by atoms with Crippen LogP contribution in [0.4, 0.5) is 22.0 Å². The highest BCUT2D eigenvalue weighted by Crippen LogP contribution is 2.38. The highest BCUT2D eigenvalue weighted by atomic mass is 79.9. The minimum absolute atomic E-state index is 0. The van der Waals surface area contributed by atoms with Gasteiger partial charge in [0.15, 0.2) is 0 Å². The van der Waals surface area contributed by atoms with Crippen LogP contribution in [0.2, 0.25) is 0 Å². The van der Waals surface area contributed by atoms with Crippen molar-refractivity contribution in [1.82, 2.24) is 0 Å². The Bertz CT molecular complexity index is 556. The number of alkyl halides is 5. The first kappa shape index (κ1) is 21.9. The number of hydrogen-bond donors (Lipinski definition) is 1. The third-order valence-electron chi connectivity index (χ3n) is 2.47. The summed E-state index contributed by atoms with van der Waals surface area (Å²) in [5.74, 6) is -7.08. The van der Waals surface area contributed by atoms with Crippen LogP contribution in [0.15, 0.2) is 22.7 Å². The van der Waals surface area contributed by atoms with Crippen molar-refractivity contribution >= 4 is 34.3 Å². The average Bonchev–Trinajstić information content (AvgIpc) is 2.38. The van der Waals surface area contributed by atoms with Crippen molar-refractivity contribution in [3.8, 4) is 5.75 Å². The van der Waals surface area contributed by atoms with Crippen molar-refractivity contribution in [1.29, 1.82) is 0 Å². The van der Waals surface area contributed by atoms with Gasteiger partial charge < -0.3 is 15.2 Å². The van der Waals surface area contributed by atoms with Gasteiger partial charge in [-0.25, -0.2) is 4.79 Å². The van der Waals surface area contributed by atoms with E-state index in [2.05, 4.69) is 25.4 Å². The summed E-state index contributed by atoms with van der Waals surface area (Å²) in [7, 11) is 0. The van der Waals surface area contributed by atoms with Crippen LogP contribution in [-0.4, -0.2) is 24.9 Å². The predicted molar refractivity (Wildman–Crippen MR) is 76.6 cm³/mol. The molecule has 1 rings (SSSR count). The molecule has 132 valence electrons. The molecule has 0 aromatic heterocycles. The van der Waals surface area contributed by atoms with Gasteiger partial charge in [0, 0.05) is 10.0 Å². The molecule has 0 radical (unpaired) electrons. The van der Waals surface area contributed by atoms with Crippen molar-refractivity contribution in [2.75, 3.05) is 6.61 Å². The molecule has 2 N–H and O–H groups in total. The molecule has 0 spiro atoms. The van der Waals surface area contributed by atoms with Crippen LogP contribution in [0, 0.1) is 0 Å². The number of nitrogens with two attached hydrogens (primary N) is 1. The number of esters is 1. The van der Waals surface area contributed by atoms with E-state index < -0.39 is 35.6 Å². The van der Waals surface area contributed by atoms with Gasteiger partial charge in [0.05, 0.1) is 6.61 Å². The molecule has 0 bridgehead atoms. The molecule has 0 heterocycles. The smallest absolute Gasteiger partial charge is 0.462 e. The molecule has 0 fully saturated rings. The van der Waals surface area contributed by atoms with Crippen molar-refractivity contribution in [2.45, 2.75) is 25.3 Å². The molecule has 0 saturated carbocycles. The minimum Gasteiger partial charge on any atom is -0.462 e. The molecule has 23 heavy (non-hydrogen) atoms. The van der Waals surface area contributed by atoms with Gasteiger partial charge in [-0.2, -0.15) is 8.78 Å². The maximum Gasteiger partial charge on any atom is 0.573 e. The number of benzene rings is 1. The van der Waals surface area contributed by atoms with Crippen molar-refractivity contribution in [3.05, 3.63) is 28.2 Å². The number of hydrogen-bond acceptors (Lipinski definition) is 4. The molecule has 4 nitrogen and oxygen atoms in total. The van der Waals surface area contributed by atoms with Crippen LogP contribution >= 0.6 is 28.3 Å². The zero-order valence-electron chi connectivity index (χ0n) is 11.5. The molecule has 0 aliphatic rings. The second-order valence-electron chi connectivity index (χ2n) is 4.05. The maximum absolute atomic E-state index is 13.9. The lowest BCUT2D eigenvalue weighted by molar-refractivity contribution is -0.275. The van der Waals surface area contributed by atoms with Crippen LogP contribution in [0.1, 0.15) is 18.5 Å². The van der Waals surface area contributed by atoms with E-state index in [0.29, 0.717) is 0 Å². The fraction of sp³-hybridized carbons (Fsp3) is 0.417. The monoisotopic (exact) mass is 427 g/mol. The summed E-state index contributed by atoms with van der Waals surface area (Å²) >= 11 is 2.93. The molecule has 0 amide bonds. The Labute approximate surface area is 142 Å². The van der Waals surface area contributed by atoms with Crippen molar-refractivity contribution < 1.29 is 36.2 Å². The van der Waals surface area contributed by atoms with E-state index >= 15 is 0 Å². The molecule has 1 aromatic carbocycles. The van der Waals surface area contributed by atoms with Crippen LogP contribution < -0.4 is 10.5 Å². The molecular formula is C12H12BrClF5NO3. The lowest BCUT2D eigenvalue weighted by Gasteiger charge is -2.24. The maximum atomic E-state index is 13.9. The first-order chi connectivity index (χ1) is 9.99. The predicted octanol–water partition coefficient (Wildman–Crippen LogP) is 3.97. The third kappa shape index (κ3) is 5.78. The summed E-state index contributed by atoms with van der Waals surface area (Å²) in [5, 5.41) is 0. The van der Waals surface area contributed by atoms with Gasteiger partial charge in [0.2, 0.25) is 0 Å². The van der Waals surface area contributed by atoms with Crippen LogP contribution in [-0.2, 0) is 9.53 Å². The third-order valence-corrected chi connectivity index (χ3v) is 2.96. The number of halogens is 7. The average molecular weight is 429 g/mol. The minimum atomic E-state index is -5.10. The summed E-state index contributed by atoms with van der Waals surface area (Å²) in [5.41, 5.74) is 4.58. The first-order valence-electron chi connectivity index (χ1n) is 5.84. The van der Waals surface area contributed by atoms with Crippen LogP contribution in [0.5, 0.6) is 5.75 Å². The molecule has 0 aliphatic carbocycles. The van der Waals surface area contributed by atoms with E-state index in [4.69, 9.17) is 5.73 Å². The van der Waals surface area contributed by atoms with Crippen LogP contribution in [0.25, 0.3) is 0 Å². The van der Waals surface area contributed by atoms with Gasteiger partial charge >= 0.3 is 18.3 Å². The lowest BCUT2D eigenvalue weighted by Crippen LogP contribution is -2.42. The van der Waals surface area contributed by atoms with Crippen LogP contribution in [0.3, 0.4) is 0 Å². The molecule has 0 unspecified atom stereocenters. The Morgan fingerprint density at radius 2 is 1.87 bits per heavy atom. The Balaban J connectivity index is 0.00000484. The molecular weight excluding hydrogens is 416 g/mol. The topological polar surface area (TPSA) is 61.5 Å². The summed E-state index contributed by atoms with van der Waals surface area (Å²) in [6, 6.07) is 0.508. The summed E-state index contributed by atoms with van der Waals surface area (Å²) in [4.78, 5) is 11.2. The number of rotatable bonds is 5. The summed E-state index contributed by atoms with van der Waals surface area (Å²) in [6.45, 7) is 0.975. The Morgan fingerprint density at radius 1 is 1.30 bits per heavy atom. The molecule has 11 heteroatoms. The first-order valence-corrected chi connectivity index (χ1v) is 6.64. The SMILES string of the molecule is CCOC(=O)C(F)(F)[C@H](N)c1cc(Br)ccc1OC(F)(F)F.Cl. The van der Waals surface area contributed by atoms with Gasteiger partial charge in [0.1, 0.15) is 11.8 Å². The second kappa shape index (κ2) is 8.11. The van der Waals surface area contributed by atoms with Crippen molar-refractivity contribution in [2.24, 2.45) is 5.73 Å². The highest BCUT2D eigenvalue weighted by molar-refractivity contribution is 9.10. The normalized spacial score (nSPS) is 13.0. The summed E-state index contributed by atoms with van der Waals surface area (Å²) in [6.07, 6.45) is -5.10. The molecule has 1 aromatic rings. The molecule has 0 saturated heterocycles. The fourth-order valence-electron chi connectivity index (χ4n) is 1.53. The zero-order chi connectivity index (χ0) is 17.1.